The Bertz CT molecular complexity index is 1330. The van der Waals surface area contributed by atoms with E-state index in [1.807, 2.05) is 6.07 Å². The summed E-state index contributed by atoms with van der Waals surface area (Å²) in [7, 11) is 1.70. The highest BCUT2D eigenvalue weighted by Gasteiger charge is 2.31. The number of aromatic nitrogens is 3. The number of pyridine rings is 1. The van der Waals surface area contributed by atoms with Crippen LogP contribution in [0.15, 0.2) is 47.4 Å². The summed E-state index contributed by atoms with van der Waals surface area (Å²) >= 11 is 0. The summed E-state index contributed by atoms with van der Waals surface area (Å²) in [5.74, 6) is -0.673. The molecule has 146 valence electrons. The van der Waals surface area contributed by atoms with Crippen LogP contribution in [0.4, 0.5) is 4.39 Å². The molecule has 5 rings (SSSR count). The van der Waals surface area contributed by atoms with Gasteiger partial charge in [-0.05, 0) is 29.7 Å². The third-order valence-electron chi connectivity index (χ3n) is 5.44. The number of benzene rings is 2. The van der Waals surface area contributed by atoms with E-state index in [1.54, 1.807) is 36.3 Å². The molecule has 0 unspecified atom stereocenters. The summed E-state index contributed by atoms with van der Waals surface area (Å²) < 4.78 is 19.4. The van der Waals surface area contributed by atoms with Crippen LogP contribution in [0.1, 0.15) is 27.7 Å². The number of amides is 1. The van der Waals surface area contributed by atoms with Crippen molar-refractivity contribution in [1.82, 2.24) is 20.1 Å². The lowest BCUT2D eigenvalue weighted by Gasteiger charge is -2.34. The SMILES string of the molecule is CN(C(=O)c1ccc2cn[nH]c2c1)[C@H]1COCc2[nH]c(=O)c3cc(F)ccc3c21. The summed E-state index contributed by atoms with van der Waals surface area (Å²) in [5, 5.41) is 8.65. The van der Waals surface area contributed by atoms with Gasteiger partial charge in [0.25, 0.3) is 11.5 Å². The molecule has 1 atom stereocenters. The monoisotopic (exact) mass is 392 g/mol. The van der Waals surface area contributed by atoms with Crippen molar-refractivity contribution >= 4 is 27.6 Å². The third-order valence-corrected chi connectivity index (χ3v) is 5.44. The van der Waals surface area contributed by atoms with Gasteiger partial charge >= 0.3 is 0 Å². The molecule has 7 nitrogen and oxygen atoms in total. The Balaban J connectivity index is 1.60. The fraction of sp³-hybridized carbons (Fsp3) is 0.190. The van der Waals surface area contributed by atoms with Crippen LogP contribution in [0.3, 0.4) is 0 Å². The molecule has 29 heavy (non-hydrogen) atoms. The highest BCUT2D eigenvalue weighted by atomic mass is 19.1. The van der Waals surface area contributed by atoms with Gasteiger partial charge in [-0.3, -0.25) is 14.7 Å². The second kappa shape index (κ2) is 6.52. The molecule has 2 N–H and O–H groups in total. The first-order chi connectivity index (χ1) is 14.0. The summed E-state index contributed by atoms with van der Waals surface area (Å²) in [5.41, 5.74) is 2.30. The van der Waals surface area contributed by atoms with Crippen LogP contribution in [0, 0.1) is 5.82 Å². The number of fused-ring (bicyclic) bond motifs is 4. The van der Waals surface area contributed by atoms with E-state index in [9.17, 15) is 14.0 Å². The van der Waals surface area contributed by atoms with E-state index in [1.165, 1.54) is 12.1 Å². The van der Waals surface area contributed by atoms with E-state index in [4.69, 9.17) is 4.74 Å². The van der Waals surface area contributed by atoms with Crippen molar-refractivity contribution in [3.8, 4) is 0 Å². The molecule has 0 aliphatic carbocycles. The topological polar surface area (TPSA) is 91.1 Å². The number of nitrogens with zero attached hydrogens (tertiary/aromatic N) is 2. The maximum absolute atomic E-state index is 13.7. The maximum atomic E-state index is 13.7. The van der Waals surface area contributed by atoms with Crippen molar-refractivity contribution in [2.24, 2.45) is 0 Å². The van der Waals surface area contributed by atoms with Crippen molar-refractivity contribution in [1.29, 1.82) is 0 Å². The third kappa shape index (κ3) is 2.80. The Morgan fingerprint density at radius 2 is 2.10 bits per heavy atom. The molecule has 0 bridgehead atoms. The van der Waals surface area contributed by atoms with E-state index in [0.717, 1.165) is 16.5 Å². The van der Waals surface area contributed by atoms with E-state index in [-0.39, 0.29) is 30.1 Å². The number of hydrogen-bond donors (Lipinski definition) is 2. The molecule has 8 heteroatoms. The van der Waals surface area contributed by atoms with Crippen LogP contribution in [0.2, 0.25) is 0 Å². The van der Waals surface area contributed by atoms with Crippen molar-refractivity contribution in [2.45, 2.75) is 12.6 Å². The fourth-order valence-corrected chi connectivity index (χ4v) is 3.94. The lowest BCUT2D eigenvalue weighted by molar-refractivity contribution is 0.0336. The Morgan fingerprint density at radius 3 is 2.97 bits per heavy atom. The number of carbonyl (C=O) groups excluding carboxylic acids is 1. The summed E-state index contributed by atoms with van der Waals surface area (Å²) in [6, 6.07) is 9.05. The van der Waals surface area contributed by atoms with Crippen LogP contribution >= 0.6 is 0 Å². The molecule has 1 aliphatic rings. The zero-order chi connectivity index (χ0) is 20.1. The number of nitrogens with one attached hydrogen (secondary N) is 2. The highest BCUT2D eigenvalue weighted by molar-refractivity contribution is 5.98. The predicted octanol–water partition coefficient (Wildman–Crippen LogP) is 2.89. The van der Waals surface area contributed by atoms with Gasteiger partial charge in [0.15, 0.2) is 0 Å². The van der Waals surface area contributed by atoms with Gasteiger partial charge in [-0.25, -0.2) is 4.39 Å². The smallest absolute Gasteiger partial charge is 0.256 e. The summed E-state index contributed by atoms with van der Waals surface area (Å²) in [6.45, 7) is 0.511. The lowest BCUT2D eigenvalue weighted by Crippen LogP contribution is -2.37. The van der Waals surface area contributed by atoms with Gasteiger partial charge in [0.2, 0.25) is 0 Å². The van der Waals surface area contributed by atoms with Crippen molar-refractivity contribution in [3.05, 3.63) is 75.6 Å². The minimum Gasteiger partial charge on any atom is -0.373 e. The average molecular weight is 392 g/mol. The maximum Gasteiger partial charge on any atom is 0.256 e. The molecular weight excluding hydrogens is 375 g/mol. The van der Waals surface area contributed by atoms with Crippen LogP contribution in [0.5, 0.6) is 0 Å². The first kappa shape index (κ1) is 17.6. The summed E-state index contributed by atoms with van der Waals surface area (Å²) in [4.78, 5) is 29.9. The highest BCUT2D eigenvalue weighted by Crippen LogP contribution is 2.33. The number of halogens is 1. The number of aromatic amines is 2. The number of carbonyl (C=O) groups is 1. The van der Waals surface area contributed by atoms with Crippen LogP contribution in [-0.2, 0) is 11.3 Å². The fourth-order valence-electron chi connectivity index (χ4n) is 3.94. The number of hydrogen-bond acceptors (Lipinski definition) is 4. The standard InChI is InChI=1S/C21H17FN4O3/c1-26(21(28)11-2-3-12-8-23-25-16(12)6-11)18-10-29-9-17-19(18)14-5-4-13(22)7-15(14)20(27)24-17/h2-8,18H,9-10H2,1H3,(H,23,25)(H,24,27)/t18-/m0/s1. The Hall–Kier alpha value is -3.52. The Kier molecular flexibility index (Phi) is 3.95. The van der Waals surface area contributed by atoms with Gasteiger partial charge < -0.3 is 14.6 Å². The van der Waals surface area contributed by atoms with Crippen LogP contribution in [0.25, 0.3) is 21.7 Å². The average Bonchev–Trinajstić information content (AvgIpc) is 3.20. The zero-order valence-electron chi connectivity index (χ0n) is 15.5. The first-order valence-electron chi connectivity index (χ1n) is 9.15. The molecule has 3 heterocycles. The Morgan fingerprint density at radius 1 is 1.24 bits per heavy atom. The molecule has 0 radical (unpaired) electrons. The van der Waals surface area contributed by atoms with Gasteiger partial charge in [0.1, 0.15) is 5.82 Å². The van der Waals surface area contributed by atoms with Gasteiger partial charge in [-0.15, -0.1) is 0 Å². The number of ether oxygens (including phenoxy) is 1. The van der Waals surface area contributed by atoms with E-state index in [2.05, 4.69) is 15.2 Å². The Labute approximate surface area is 164 Å². The largest absolute Gasteiger partial charge is 0.373 e. The van der Waals surface area contributed by atoms with Crippen molar-refractivity contribution in [2.75, 3.05) is 13.7 Å². The van der Waals surface area contributed by atoms with E-state index in [0.29, 0.717) is 16.6 Å². The minimum absolute atomic E-state index is 0.190. The molecule has 1 amide bonds. The molecule has 0 fully saturated rings. The molecule has 1 aliphatic heterocycles. The number of likely N-dealkylation sites (N-methyl/N-ethyl adjacent to an activating group) is 1. The van der Waals surface area contributed by atoms with Crippen molar-refractivity contribution in [3.63, 3.8) is 0 Å². The molecule has 2 aromatic heterocycles. The van der Waals surface area contributed by atoms with Gasteiger partial charge in [-0.2, -0.15) is 5.10 Å². The van der Waals surface area contributed by atoms with Gasteiger partial charge in [-0.1, -0.05) is 12.1 Å². The quantitative estimate of drug-likeness (QED) is 0.549. The number of H-pyrrole nitrogens is 2. The van der Waals surface area contributed by atoms with Gasteiger partial charge in [0.05, 0.1) is 36.4 Å². The van der Waals surface area contributed by atoms with Crippen LogP contribution in [-0.4, -0.2) is 39.6 Å². The molecule has 0 saturated heterocycles. The van der Waals surface area contributed by atoms with E-state index < -0.39 is 11.9 Å². The summed E-state index contributed by atoms with van der Waals surface area (Å²) in [6.07, 6.45) is 1.69. The van der Waals surface area contributed by atoms with Gasteiger partial charge in [0, 0.05) is 29.3 Å². The van der Waals surface area contributed by atoms with Crippen molar-refractivity contribution < 1.29 is 13.9 Å². The van der Waals surface area contributed by atoms with E-state index >= 15 is 0 Å². The molecular formula is C21H17FN4O3. The first-order valence-corrected chi connectivity index (χ1v) is 9.15. The zero-order valence-corrected chi connectivity index (χ0v) is 15.5. The second-order valence-corrected chi connectivity index (χ2v) is 7.16. The molecule has 4 aromatic rings. The lowest BCUT2D eigenvalue weighted by atomic mass is 9.95. The molecule has 2 aromatic carbocycles. The second-order valence-electron chi connectivity index (χ2n) is 7.16. The van der Waals surface area contributed by atoms with Crippen LogP contribution < -0.4 is 5.56 Å². The number of rotatable bonds is 2. The minimum atomic E-state index is -0.483. The predicted molar refractivity (Wildman–Crippen MR) is 105 cm³/mol. The normalized spacial score (nSPS) is 16.1. The molecule has 0 saturated carbocycles. The molecule has 0 spiro atoms.